The standard InChI is InChI=1S/C29H36N4O3/c34-27(30-19-21-11-5-4-6-12-21)23-20-32(22-13-7-2-1-3-8-14-22)18-17-25(23)33-26-16-10-9-15-24(26)31-28(35)29(33)36/h4-6,9-12,15-16,22,28,31,35H,1-3,7-8,13-14,17-20H2,(H,30,34). The van der Waals surface area contributed by atoms with E-state index >= 15 is 0 Å². The first-order valence-electron chi connectivity index (χ1n) is 13.3. The lowest BCUT2D eigenvalue weighted by molar-refractivity contribution is -0.125. The van der Waals surface area contributed by atoms with Crippen LogP contribution in [0.3, 0.4) is 0 Å². The number of aliphatic hydroxyl groups is 1. The molecule has 2 amide bonds. The summed E-state index contributed by atoms with van der Waals surface area (Å²) in [4.78, 5) is 30.9. The largest absolute Gasteiger partial charge is 0.366 e. The summed E-state index contributed by atoms with van der Waals surface area (Å²) < 4.78 is 0. The Kier molecular flexibility index (Phi) is 7.68. The number of anilines is 2. The van der Waals surface area contributed by atoms with Gasteiger partial charge in [0.1, 0.15) is 0 Å². The van der Waals surface area contributed by atoms with Crippen LogP contribution in [0.1, 0.15) is 56.9 Å². The van der Waals surface area contributed by atoms with Crippen LogP contribution in [0.25, 0.3) is 0 Å². The van der Waals surface area contributed by atoms with Gasteiger partial charge in [0, 0.05) is 37.8 Å². The van der Waals surface area contributed by atoms with Crippen molar-refractivity contribution in [1.82, 2.24) is 10.2 Å². The molecule has 0 spiro atoms. The molecular weight excluding hydrogens is 452 g/mol. The van der Waals surface area contributed by atoms with Crippen molar-refractivity contribution in [3.8, 4) is 0 Å². The van der Waals surface area contributed by atoms with Crippen molar-refractivity contribution >= 4 is 23.2 Å². The lowest BCUT2D eigenvalue weighted by Gasteiger charge is -2.41. The highest BCUT2D eigenvalue weighted by molar-refractivity contribution is 6.08. The summed E-state index contributed by atoms with van der Waals surface area (Å²) in [6, 6.07) is 17.8. The first-order chi connectivity index (χ1) is 17.6. The Morgan fingerprint density at radius 2 is 1.67 bits per heavy atom. The van der Waals surface area contributed by atoms with Crippen molar-refractivity contribution in [2.24, 2.45) is 0 Å². The van der Waals surface area contributed by atoms with Crippen LogP contribution in [0.5, 0.6) is 0 Å². The highest BCUT2D eigenvalue weighted by Gasteiger charge is 2.38. The van der Waals surface area contributed by atoms with Crippen molar-refractivity contribution in [3.63, 3.8) is 0 Å². The van der Waals surface area contributed by atoms with Gasteiger partial charge in [-0.3, -0.25) is 19.4 Å². The van der Waals surface area contributed by atoms with E-state index in [0.29, 0.717) is 48.2 Å². The third-order valence-corrected chi connectivity index (χ3v) is 7.67. The molecular formula is C29H36N4O3. The molecule has 5 rings (SSSR count). The molecule has 0 aromatic heterocycles. The molecule has 36 heavy (non-hydrogen) atoms. The Bertz CT molecular complexity index is 1110. The highest BCUT2D eigenvalue weighted by Crippen LogP contribution is 2.37. The van der Waals surface area contributed by atoms with Gasteiger partial charge >= 0.3 is 0 Å². The molecule has 2 heterocycles. The number of hydrogen-bond acceptors (Lipinski definition) is 5. The van der Waals surface area contributed by atoms with Crippen molar-refractivity contribution in [2.75, 3.05) is 23.3 Å². The van der Waals surface area contributed by atoms with Crippen molar-refractivity contribution < 1.29 is 14.7 Å². The summed E-state index contributed by atoms with van der Waals surface area (Å²) in [6.07, 6.45) is 7.87. The molecule has 7 heteroatoms. The summed E-state index contributed by atoms with van der Waals surface area (Å²) >= 11 is 0. The van der Waals surface area contributed by atoms with Gasteiger partial charge in [0.25, 0.3) is 11.8 Å². The van der Waals surface area contributed by atoms with Crippen LogP contribution in [0.2, 0.25) is 0 Å². The molecule has 190 valence electrons. The number of fused-ring (bicyclic) bond motifs is 1. The minimum Gasteiger partial charge on any atom is -0.366 e. The molecule has 2 aromatic rings. The first kappa shape index (κ1) is 24.5. The van der Waals surface area contributed by atoms with Crippen molar-refractivity contribution in [2.45, 2.75) is 70.2 Å². The van der Waals surface area contributed by atoms with Crippen LogP contribution in [-0.2, 0) is 16.1 Å². The fourth-order valence-corrected chi connectivity index (χ4v) is 5.74. The van der Waals surface area contributed by atoms with Gasteiger partial charge in [-0.25, -0.2) is 0 Å². The molecule has 1 atom stereocenters. The number of benzene rings is 2. The lowest BCUT2D eigenvalue weighted by atomic mass is 9.93. The molecule has 3 aliphatic rings. The maximum absolute atomic E-state index is 13.7. The molecule has 1 aliphatic carbocycles. The molecule has 2 aliphatic heterocycles. The maximum Gasteiger partial charge on any atom is 0.281 e. The Morgan fingerprint density at radius 3 is 2.44 bits per heavy atom. The van der Waals surface area contributed by atoms with E-state index in [2.05, 4.69) is 15.5 Å². The average Bonchev–Trinajstić information content (AvgIpc) is 2.88. The molecule has 0 saturated heterocycles. The predicted molar refractivity (Wildman–Crippen MR) is 141 cm³/mol. The lowest BCUT2D eigenvalue weighted by Crippen LogP contribution is -2.51. The van der Waals surface area contributed by atoms with Gasteiger partial charge in [0.2, 0.25) is 6.23 Å². The molecule has 2 aromatic carbocycles. The molecule has 1 fully saturated rings. The Labute approximate surface area is 213 Å². The quantitative estimate of drug-likeness (QED) is 0.589. The number of nitrogens with one attached hydrogen (secondary N) is 2. The van der Waals surface area contributed by atoms with Gasteiger partial charge < -0.3 is 15.7 Å². The fourth-order valence-electron chi connectivity index (χ4n) is 5.74. The van der Waals surface area contributed by atoms with Crippen LogP contribution in [0.4, 0.5) is 11.4 Å². The second-order valence-electron chi connectivity index (χ2n) is 10.1. The van der Waals surface area contributed by atoms with E-state index in [-0.39, 0.29) is 5.91 Å². The van der Waals surface area contributed by atoms with Crippen LogP contribution in [-0.4, -0.2) is 47.2 Å². The number of nitrogens with zero attached hydrogens (tertiary/aromatic N) is 2. The number of amides is 2. The Hall–Kier alpha value is -3.16. The molecule has 0 bridgehead atoms. The van der Waals surface area contributed by atoms with Crippen LogP contribution >= 0.6 is 0 Å². The number of rotatable bonds is 5. The van der Waals surface area contributed by atoms with E-state index < -0.39 is 12.1 Å². The van der Waals surface area contributed by atoms with E-state index in [9.17, 15) is 14.7 Å². The van der Waals surface area contributed by atoms with Crippen LogP contribution in [0, 0.1) is 0 Å². The van der Waals surface area contributed by atoms with Gasteiger partial charge in [-0.05, 0) is 30.5 Å². The average molecular weight is 489 g/mol. The molecule has 1 unspecified atom stereocenters. The number of hydrogen-bond donors (Lipinski definition) is 3. The van der Waals surface area contributed by atoms with Crippen LogP contribution in [0.15, 0.2) is 65.9 Å². The molecule has 7 nitrogen and oxygen atoms in total. The second-order valence-corrected chi connectivity index (χ2v) is 10.1. The normalized spacial score (nSPS) is 21.9. The summed E-state index contributed by atoms with van der Waals surface area (Å²) in [5, 5.41) is 16.4. The van der Waals surface area contributed by atoms with Gasteiger partial charge in [-0.2, -0.15) is 0 Å². The zero-order valence-corrected chi connectivity index (χ0v) is 20.8. The third kappa shape index (κ3) is 5.32. The van der Waals surface area contributed by atoms with Gasteiger partial charge in [0.15, 0.2) is 0 Å². The summed E-state index contributed by atoms with van der Waals surface area (Å²) in [5.41, 5.74) is 3.70. The van der Waals surface area contributed by atoms with Gasteiger partial charge in [-0.15, -0.1) is 0 Å². The van der Waals surface area contributed by atoms with Crippen molar-refractivity contribution in [1.29, 1.82) is 0 Å². The third-order valence-electron chi connectivity index (χ3n) is 7.67. The zero-order valence-electron chi connectivity index (χ0n) is 20.8. The SMILES string of the molecule is O=C(NCc1ccccc1)C1=C(N2C(=O)C(O)Nc3ccccc32)CCN(C2CCCCCCC2)C1. The first-order valence-corrected chi connectivity index (χ1v) is 13.3. The topological polar surface area (TPSA) is 84.9 Å². The number of para-hydroxylation sites is 2. The summed E-state index contributed by atoms with van der Waals surface area (Å²) in [6.45, 7) is 1.73. The maximum atomic E-state index is 13.7. The molecule has 0 radical (unpaired) electrons. The van der Waals surface area contributed by atoms with Crippen molar-refractivity contribution in [3.05, 3.63) is 71.4 Å². The Balaban J connectivity index is 1.47. The highest BCUT2D eigenvalue weighted by atomic mass is 16.3. The van der Waals surface area contributed by atoms with E-state index in [1.807, 2.05) is 54.6 Å². The van der Waals surface area contributed by atoms with E-state index in [1.165, 1.54) is 32.1 Å². The number of carbonyl (C=O) groups is 2. The van der Waals surface area contributed by atoms with Gasteiger partial charge in [-0.1, -0.05) is 74.6 Å². The number of aliphatic hydroxyl groups excluding tert-OH is 1. The summed E-state index contributed by atoms with van der Waals surface area (Å²) in [5.74, 6) is -0.598. The molecule has 1 saturated carbocycles. The predicted octanol–water partition coefficient (Wildman–Crippen LogP) is 4.15. The summed E-state index contributed by atoms with van der Waals surface area (Å²) in [7, 11) is 0. The minimum atomic E-state index is -1.34. The minimum absolute atomic E-state index is 0.150. The number of carbonyl (C=O) groups excluding carboxylic acids is 2. The van der Waals surface area contributed by atoms with Gasteiger partial charge in [0.05, 0.1) is 16.9 Å². The van der Waals surface area contributed by atoms with E-state index in [1.54, 1.807) is 4.90 Å². The smallest absolute Gasteiger partial charge is 0.281 e. The monoisotopic (exact) mass is 488 g/mol. The second kappa shape index (κ2) is 11.3. The van der Waals surface area contributed by atoms with E-state index in [0.717, 1.165) is 24.9 Å². The molecule has 3 N–H and O–H groups in total. The van der Waals surface area contributed by atoms with E-state index in [4.69, 9.17) is 0 Å². The fraction of sp³-hybridized carbons (Fsp3) is 0.448. The Morgan fingerprint density at radius 1 is 0.972 bits per heavy atom. The zero-order chi connectivity index (χ0) is 24.9. The van der Waals surface area contributed by atoms with Crippen LogP contribution < -0.4 is 15.5 Å².